The van der Waals surface area contributed by atoms with Crippen LogP contribution in [-0.2, 0) is 9.53 Å². The fraction of sp³-hybridized carbons (Fsp3) is 0.400. The van der Waals surface area contributed by atoms with Crippen molar-refractivity contribution in [2.75, 3.05) is 45.9 Å². The van der Waals surface area contributed by atoms with E-state index in [4.69, 9.17) is 27.9 Å². The van der Waals surface area contributed by atoms with E-state index in [0.717, 1.165) is 4.88 Å². The zero-order chi connectivity index (χ0) is 25.8. The topological polar surface area (TPSA) is 82.2 Å². The number of thiophene rings is 1. The summed E-state index contributed by atoms with van der Waals surface area (Å²) in [6.45, 7) is 6.92. The maximum Gasteiger partial charge on any atom is 0.338 e. The van der Waals surface area contributed by atoms with E-state index in [1.54, 1.807) is 30.0 Å². The van der Waals surface area contributed by atoms with Crippen LogP contribution in [0.25, 0.3) is 0 Å². The van der Waals surface area contributed by atoms with Gasteiger partial charge in [0, 0.05) is 45.0 Å². The van der Waals surface area contributed by atoms with Gasteiger partial charge < -0.3 is 15.0 Å². The first-order valence-electron chi connectivity index (χ1n) is 11.8. The summed E-state index contributed by atoms with van der Waals surface area (Å²) < 4.78 is 5.42. The molecule has 1 N–H and O–H groups in total. The van der Waals surface area contributed by atoms with Gasteiger partial charge in [-0.15, -0.1) is 11.3 Å². The van der Waals surface area contributed by atoms with E-state index in [0.29, 0.717) is 66.1 Å². The molecule has 0 saturated carbocycles. The number of nitrogens with one attached hydrogen (secondary N) is 1. The molecule has 0 aliphatic carbocycles. The first-order valence-corrected chi connectivity index (χ1v) is 13.5. The predicted molar refractivity (Wildman–Crippen MR) is 140 cm³/mol. The van der Waals surface area contributed by atoms with Crippen LogP contribution in [0.5, 0.6) is 0 Å². The third-order valence-electron chi connectivity index (χ3n) is 6.29. The van der Waals surface area contributed by atoms with Crippen molar-refractivity contribution in [2.45, 2.75) is 19.9 Å². The van der Waals surface area contributed by atoms with Crippen molar-refractivity contribution in [3.05, 3.63) is 67.5 Å². The molecule has 2 aliphatic heterocycles. The molecule has 0 bridgehead atoms. The summed E-state index contributed by atoms with van der Waals surface area (Å²) >= 11 is 13.8. The number of urea groups is 1. The Morgan fingerprint density at radius 2 is 1.86 bits per heavy atom. The van der Waals surface area contributed by atoms with Crippen LogP contribution in [0.2, 0.25) is 10.0 Å². The van der Waals surface area contributed by atoms with Crippen LogP contribution in [0, 0.1) is 0 Å². The minimum Gasteiger partial charge on any atom is -0.463 e. The lowest BCUT2D eigenvalue weighted by molar-refractivity contribution is -0.139. The summed E-state index contributed by atoms with van der Waals surface area (Å²) in [6, 6.07) is 7.71. The Morgan fingerprint density at radius 1 is 1.11 bits per heavy atom. The van der Waals surface area contributed by atoms with Crippen molar-refractivity contribution in [2.24, 2.45) is 0 Å². The van der Waals surface area contributed by atoms with Gasteiger partial charge in [-0.2, -0.15) is 0 Å². The highest BCUT2D eigenvalue weighted by atomic mass is 35.5. The largest absolute Gasteiger partial charge is 0.463 e. The van der Waals surface area contributed by atoms with Crippen molar-refractivity contribution >= 4 is 52.4 Å². The molecular weight excluding hydrogens is 523 g/mol. The molecular formula is C25H28Cl2N4O4S. The molecule has 1 aromatic carbocycles. The first-order chi connectivity index (χ1) is 17.3. The van der Waals surface area contributed by atoms with Gasteiger partial charge in [0.2, 0.25) is 0 Å². The number of hydrogen-bond donors (Lipinski definition) is 1. The Hall–Kier alpha value is -2.59. The van der Waals surface area contributed by atoms with Crippen molar-refractivity contribution in [1.82, 2.24) is 20.0 Å². The quantitative estimate of drug-likeness (QED) is 0.516. The van der Waals surface area contributed by atoms with Crippen LogP contribution in [0.1, 0.15) is 35.1 Å². The van der Waals surface area contributed by atoms with Crippen LogP contribution >= 0.6 is 34.5 Å². The molecule has 1 aromatic heterocycles. The number of rotatable bonds is 7. The molecule has 8 nitrogen and oxygen atoms in total. The van der Waals surface area contributed by atoms with Gasteiger partial charge in [-0.05, 0) is 43.0 Å². The van der Waals surface area contributed by atoms with Crippen molar-refractivity contribution in [3.8, 4) is 0 Å². The molecule has 1 fully saturated rings. The summed E-state index contributed by atoms with van der Waals surface area (Å²) in [5.74, 6) is -0.462. The smallest absolute Gasteiger partial charge is 0.338 e. The molecule has 3 amide bonds. The number of piperazine rings is 1. The highest BCUT2D eigenvalue weighted by Gasteiger charge is 2.39. The Labute approximate surface area is 224 Å². The SMILES string of the molecule is CCOC(=O)C1=C(CN2CCN(C(=O)c3cccs3)CC2)N(CC)C(=O)NC1c1ccc(Cl)c(Cl)c1. The van der Waals surface area contributed by atoms with Crippen LogP contribution in [0.4, 0.5) is 4.79 Å². The minimum absolute atomic E-state index is 0.0305. The number of halogens is 2. The number of benzene rings is 1. The molecule has 2 aromatic rings. The van der Waals surface area contributed by atoms with Crippen LogP contribution in [0.15, 0.2) is 47.0 Å². The molecule has 0 radical (unpaired) electrons. The Kier molecular flexibility index (Phi) is 8.56. The predicted octanol–water partition coefficient (Wildman–Crippen LogP) is 4.42. The van der Waals surface area contributed by atoms with Crippen molar-refractivity contribution < 1.29 is 19.1 Å². The highest BCUT2D eigenvalue weighted by molar-refractivity contribution is 7.12. The Morgan fingerprint density at radius 3 is 2.47 bits per heavy atom. The number of amides is 3. The molecule has 1 atom stereocenters. The lowest BCUT2D eigenvalue weighted by atomic mass is 9.94. The van der Waals surface area contributed by atoms with Gasteiger partial charge in [0.15, 0.2) is 0 Å². The van der Waals surface area contributed by atoms with E-state index in [1.807, 2.05) is 29.3 Å². The van der Waals surface area contributed by atoms with E-state index >= 15 is 0 Å². The minimum atomic E-state index is -0.731. The second kappa shape index (κ2) is 11.6. The van der Waals surface area contributed by atoms with E-state index in [-0.39, 0.29) is 18.5 Å². The number of likely N-dealkylation sites (N-methyl/N-ethyl adjacent to an activating group) is 1. The van der Waals surface area contributed by atoms with Gasteiger partial charge in [-0.25, -0.2) is 9.59 Å². The van der Waals surface area contributed by atoms with E-state index < -0.39 is 12.0 Å². The summed E-state index contributed by atoms with van der Waals surface area (Å²) in [5.41, 5.74) is 1.60. The number of hydrogen-bond acceptors (Lipinski definition) is 6. The second-order valence-electron chi connectivity index (χ2n) is 8.43. The second-order valence-corrected chi connectivity index (χ2v) is 10.2. The number of ether oxygens (including phenoxy) is 1. The molecule has 4 rings (SSSR count). The average Bonchev–Trinajstić information content (AvgIpc) is 3.41. The Balaban J connectivity index is 1.63. The molecule has 36 heavy (non-hydrogen) atoms. The van der Waals surface area contributed by atoms with Gasteiger partial charge in [0.25, 0.3) is 5.91 Å². The first kappa shape index (κ1) is 26.5. The fourth-order valence-corrected chi connectivity index (χ4v) is 5.47. The summed E-state index contributed by atoms with van der Waals surface area (Å²) in [4.78, 5) is 45.4. The van der Waals surface area contributed by atoms with Crippen LogP contribution < -0.4 is 5.32 Å². The molecule has 0 spiro atoms. The number of carbonyl (C=O) groups is 3. The monoisotopic (exact) mass is 550 g/mol. The number of nitrogens with zero attached hydrogens (tertiary/aromatic N) is 3. The summed E-state index contributed by atoms with van der Waals surface area (Å²) in [6.07, 6.45) is 0. The number of carbonyl (C=O) groups excluding carboxylic acids is 3. The molecule has 2 aliphatic rings. The van der Waals surface area contributed by atoms with Crippen LogP contribution in [0.3, 0.4) is 0 Å². The molecule has 1 unspecified atom stereocenters. The fourth-order valence-electron chi connectivity index (χ4n) is 4.48. The molecule has 11 heteroatoms. The zero-order valence-corrected chi connectivity index (χ0v) is 22.5. The zero-order valence-electron chi connectivity index (χ0n) is 20.1. The Bertz CT molecular complexity index is 1160. The van der Waals surface area contributed by atoms with Gasteiger partial charge in [0.1, 0.15) is 0 Å². The molecule has 192 valence electrons. The van der Waals surface area contributed by atoms with Gasteiger partial charge >= 0.3 is 12.0 Å². The number of esters is 1. The maximum atomic E-state index is 13.2. The third-order valence-corrected chi connectivity index (χ3v) is 7.89. The van der Waals surface area contributed by atoms with Gasteiger partial charge in [-0.1, -0.05) is 35.3 Å². The summed E-state index contributed by atoms with van der Waals surface area (Å²) in [7, 11) is 0. The van der Waals surface area contributed by atoms with Crippen molar-refractivity contribution in [3.63, 3.8) is 0 Å². The van der Waals surface area contributed by atoms with E-state index in [1.165, 1.54) is 11.3 Å². The average molecular weight is 551 g/mol. The van der Waals surface area contributed by atoms with E-state index in [2.05, 4.69) is 10.2 Å². The van der Waals surface area contributed by atoms with Crippen LogP contribution in [-0.4, -0.2) is 78.5 Å². The van der Waals surface area contributed by atoms with Crippen molar-refractivity contribution in [1.29, 1.82) is 0 Å². The molecule has 1 saturated heterocycles. The van der Waals surface area contributed by atoms with E-state index in [9.17, 15) is 14.4 Å². The van der Waals surface area contributed by atoms with Gasteiger partial charge in [-0.3, -0.25) is 14.6 Å². The lowest BCUT2D eigenvalue weighted by Gasteiger charge is -2.40. The normalized spacial score (nSPS) is 18.9. The maximum absolute atomic E-state index is 13.2. The summed E-state index contributed by atoms with van der Waals surface area (Å²) in [5, 5.41) is 5.54. The van der Waals surface area contributed by atoms with Gasteiger partial charge in [0.05, 0.1) is 33.1 Å². The lowest BCUT2D eigenvalue weighted by Crippen LogP contribution is -2.53. The standard InChI is InChI=1S/C25H28Cl2N4O4S/c1-3-31-19(15-29-9-11-30(12-10-29)23(32)20-6-5-13-36-20)21(24(33)35-4-2)22(28-25(31)34)16-7-8-17(26)18(27)14-16/h5-8,13-14,22H,3-4,9-12,15H2,1-2H3,(H,28,34). The molecule has 3 heterocycles. The highest BCUT2D eigenvalue weighted by Crippen LogP contribution is 2.35. The third kappa shape index (κ3) is 5.54.